The Kier molecular flexibility index (Phi) is 2.99. The van der Waals surface area contributed by atoms with E-state index in [0.29, 0.717) is 0 Å². The average Bonchev–Trinajstić information content (AvgIpc) is 3.06. The van der Waals surface area contributed by atoms with Gasteiger partial charge in [-0.25, -0.2) is 8.42 Å². The molecule has 3 rings (SSSR count). The van der Waals surface area contributed by atoms with Crippen molar-refractivity contribution < 1.29 is 17.4 Å². The molecule has 7 nitrogen and oxygen atoms in total. The molecule has 0 unspecified atom stereocenters. The minimum absolute atomic E-state index is 0.199. The van der Waals surface area contributed by atoms with E-state index < -0.39 is 10.0 Å². The zero-order valence-corrected chi connectivity index (χ0v) is 11.2. The fraction of sp³-hybridized carbons (Fsp3) is 0.333. The molecule has 2 aromatic rings. The second kappa shape index (κ2) is 4.68. The maximum atomic E-state index is 12.2. The number of nitrogens with zero attached hydrogens (tertiary/aromatic N) is 2. The smallest absolute Gasteiger partial charge is 0.267 e. The minimum Gasteiger partial charge on any atom is -0.452 e. The van der Waals surface area contributed by atoms with Crippen molar-refractivity contribution in [2.45, 2.75) is 30.6 Å². The fourth-order valence-electron chi connectivity index (χ4n) is 2.24. The van der Waals surface area contributed by atoms with Crippen LogP contribution < -0.4 is 4.72 Å². The lowest BCUT2D eigenvalue weighted by Crippen LogP contribution is -2.15. The number of anilines is 1. The highest BCUT2D eigenvalue weighted by Gasteiger charge is 2.26. The summed E-state index contributed by atoms with van der Waals surface area (Å²) in [6.07, 6.45) is 4.63. The lowest BCUT2D eigenvalue weighted by molar-refractivity contribution is 0.374. The summed E-state index contributed by atoms with van der Waals surface area (Å²) in [7, 11) is -3.90. The number of nitriles is 1. The summed E-state index contributed by atoms with van der Waals surface area (Å²) >= 11 is 0. The van der Waals surface area contributed by atoms with Crippen LogP contribution in [0.15, 0.2) is 26.2 Å². The summed E-state index contributed by atoms with van der Waals surface area (Å²) in [5.41, 5.74) is 0.793. The van der Waals surface area contributed by atoms with E-state index in [0.717, 1.165) is 43.3 Å². The molecule has 0 fully saturated rings. The molecule has 0 saturated heterocycles. The normalized spacial score (nSPS) is 14.6. The molecule has 0 radical (unpaired) electrons. The molecule has 104 valence electrons. The summed E-state index contributed by atoms with van der Waals surface area (Å²) in [5, 5.41) is 12.6. The van der Waals surface area contributed by atoms with Crippen molar-refractivity contribution in [3.63, 3.8) is 0 Å². The molecule has 1 N–H and O–H groups in total. The fourth-order valence-corrected chi connectivity index (χ4v) is 3.34. The van der Waals surface area contributed by atoms with Gasteiger partial charge in [0.05, 0.1) is 6.26 Å². The quantitative estimate of drug-likeness (QED) is 0.924. The van der Waals surface area contributed by atoms with Gasteiger partial charge in [0, 0.05) is 12.0 Å². The van der Waals surface area contributed by atoms with Gasteiger partial charge in [-0.05, 0) is 25.3 Å². The zero-order chi connectivity index (χ0) is 14.2. The van der Waals surface area contributed by atoms with Crippen LogP contribution in [0, 0.1) is 11.3 Å². The third-order valence-electron chi connectivity index (χ3n) is 3.20. The van der Waals surface area contributed by atoms with Crippen LogP contribution in [0.3, 0.4) is 0 Å². The number of fused-ring (bicyclic) bond motifs is 1. The summed E-state index contributed by atoms with van der Waals surface area (Å²) in [5.74, 6) is 0.668. The van der Waals surface area contributed by atoms with Gasteiger partial charge in [0.2, 0.25) is 5.76 Å². The molecule has 8 heteroatoms. The monoisotopic (exact) mass is 293 g/mol. The van der Waals surface area contributed by atoms with Crippen molar-refractivity contribution in [3.8, 4) is 6.07 Å². The SMILES string of the molecule is N#Cc1occc1S(=O)(=O)Nc1noc2c1CCCC2. The second-order valence-corrected chi connectivity index (χ2v) is 6.12. The summed E-state index contributed by atoms with van der Waals surface area (Å²) in [6.45, 7) is 0. The molecule has 0 saturated carbocycles. The molecule has 0 amide bonds. The first-order valence-corrected chi connectivity index (χ1v) is 7.58. The number of hydrogen-bond donors (Lipinski definition) is 1. The largest absolute Gasteiger partial charge is 0.452 e. The Morgan fingerprint density at radius 2 is 2.15 bits per heavy atom. The van der Waals surface area contributed by atoms with Gasteiger partial charge < -0.3 is 8.94 Å². The Hall–Kier alpha value is -2.27. The van der Waals surface area contributed by atoms with Gasteiger partial charge in [0.25, 0.3) is 10.0 Å². The predicted molar refractivity (Wildman–Crippen MR) is 67.4 cm³/mol. The highest BCUT2D eigenvalue weighted by atomic mass is 32.2. The van der Waals surface area contributed by atoms with Gasteiger partial charge in [0.15, 0.2) is 5.82 Å². The minimum atomic E-state index is -3.90. The van der Waals surface area contributed by atoms with E-state index in [1.54, 1.807) is 6.07 Å². The molecule has 1 aliphatic rings. The van der Waals surface area contributed by atoms with Crippen LogP contribution >= 0.6 is 0 Å². The Balaban J connectivity index is 1.95. The van der Waals surface area contributed by atoms with Gasteiger partial charge in [-0.1, -0.05) is 5.16 Å². The first kappa shape index (κ1) is 12.7. The Labute approximate surface area is 115 Å². The Morgan fingerprint density at radius 1 is 1.35 bits per heavy atom. The highest BCUT2D eigenvalue weighted by Crippen LogP contribution is 2.29. The number of hydrogen-bond acceptors (Lipinski definition) is 6. The molecular formula is C12H11N3O4S. The summed E-state index contributed by atoms with van der Waals surface area (Å²) in [4.78, 5) is -0.201. The van der Waals surface area contributed by atoms with E-state index in [4.69, 9.17) is 14.2 Å². The van der Waals surface area contributed by atoms with Gasteiger partial charge in [-0.3, -0.25) is 4.72 Å². The third-order valence-corrected chi connectivity index (χ3v) is 4.56. The standard InChI is InChI=1S/C12H11N3O4S/c13-7-10-11(5-6-18-10)20(16,17)15-12-8-3-1-2-4-9(8)19-14-12/h5-6H,1-4H2,(H,14,15). The maximum Gasteiger partial charge on any atom is 0.267 e. The summed E-state index contributed by atoms with van der Waals surface area (Å²) in [6, 6.07) is 2.92. The van der Waals surface area contributed by atoms with Crippen LogP contribution in [-0.4, -0.2) is 13.6 Å². The third kappa shape index (κ3) is 2.06. The zero-order valence-electron chi connectivity index (χ0n) is 10.4. The van der Waals surface area contributed by atoms with Gasteiger partial charge in [-0.2, -0.15) is 5.26 Å². The molecule has 1 aliphatic carbocycles. The van der Waals surface area contributed by atoms with E-state index in [1.165, 1.54) is 6.07 Å². The topological polar surface area (TPSA) is 109 Å². The summed E-state index contributed by atoms with van der Waals surface area (Å²) < 4.78 is 36.8. The molecule has 2 heterocycles. The molecule has 0 atom stereocenters. The number of aromatic nitrogens is 1. The number of rotatable bonds is 3. The van der Waals surface area contributed by atoms with Crippen LogP contribution in [-0.2, 0) is 22.9 Å². The molecule has 0 aliphatic heterocycles. The average molecular weight is 293 g/mol. The van der Waals surface area contributed by atoms with Crippen LogP contribution in [0.25, 0.3) is 0 Å². The van der Waals surface area contributed by atoms with E-state index in [9.17, 15) is 8.42 Å². The molecular weight excluding hydrogens is 282 g/mol. The molecule has 2 aromatic heterocycles. The van der Waals surface area contributed by atoms with Crippen LogP contribution in [0.4, 0.5) is 5.82 Å². The molecule has 0 aromatic carbocycles. The lowest BCUT2D eigenvalue weighted by atomic mass is 9.98. The van der Waals surface area contributed by atoms with E-state index in [1.807, 2.05) is 0 Å². The van der Waals surface area contributed by atoms with Crippen molar-refractivity contribution >= 4 is 15.8 Å². The Morgan fingerprint density at radius 3 is 2.95 bits per heavy atom. The molecule has 0 spiro atoms. The van der Waals surface area contributed by atoms with E-state index in [2.05, 4.69) is 9.88 Å². The Bertz CT molecular complexity index is 782. The van der Waals surface area contributed by atoms with Crippen LogP contribution in [0.1, 0.15) is 29.9 Å². The van der Waals surface area contributed by atoms with Crippen molar-refractivity contribution in [1.29, 1.82) is 5.26 Å². The first-order valence-electron chi connectivity index (χ1n) is 6.09. The van der Waals surface area contributed by atoms with Crippen molar-refractivity contribution in [1.82, 2.24) is 5.16 Å². The number of furan rings is 1. The highest BCUT2D eigenvalue weighted by molar-refractivity contribution is 7.92. The van der Waals surface area contributed by atoms with Gasteiger partial charge in [0.1, 0.15) is 16.7 Å². The lowest BCUT2D eigenvalue weighted by Gasteiger charge is -2.10. The van der Waals surface area contributed by atoms with E-state index in [-0.39, 0.29) is 16.5 Å². The van der Waals surface area contributed by atoms with Gasteiger partial charge in [-0.15, -0.1) is 0 Å². The van der Waals surface area contributed by atoms with Crippen LogP contribution in [0.2, 0.25) is 0 Å². The van der Waals surface area contributed by atoms with Crippen molar-refractivity contribution in [2.75, 3.05) is 4.72 Å². The first-order chi connectivity index (χ1) is 9.62. The molecule has 20 heavy (non-hydrogen) atoms. The van der Waals surface area contributed by atoms with Crippen LogP contribution in [0.5, 0.6) is 0 Å². The van der Waals surface area contributed by atoms with E-state index >= 15 is 0 Å². The van der Waals surface area contributed by atoms with Crippen molar-refractivity contribution in [2.24, 2.45) is 0 Å². The second-order valence-electron chi connectivity index (χ2n) is 4.47. The maximum absolute atomic E-state index is 12.2. The molecule has 0 bridgehead atoms. The number of nitrogens with one attached hydrogen (secondary N) is 1. The van der Waals surface area contributed by atoms with Gasteiger partial charge >= 0.3 is 0 Å². The van der Waals surface area contributed by atoms with Crippen molar-refractivity contribution in [3.05, 3.63) is 29.4 Å². The number of sulfonamides is 1. The number of aryl methyl sites for hydroxylation is 1. The predicted octanol–water partition coefficient (Wildman–Crippen LogP) is 1.82.